The summed E-state index contributed by atoms with van der Waals surface area (Å²) in [5, 5.41) is 9.87. The molecule has 2 rings (SSSR count). The number of hydrogen-bond acceptors (Lipinski definition) is 1. The highest BCUT2D eigenvalue weighted by atomic mass is 16.4. The highest BCUT2D eigenvalue weighted by Crippen LogP contribution is 2.28. The Labute approximate surface area is 100 Å². The Bertz CT molecular complexity index is 516. The number of nitrogens with one attached hydrogen (secondary N) is 1. The molecular weight excluding hydrogens is 214 g/mol. The Hall–Kier alpha value is -1.77. The largest absolute Gasteiger partial charge is 0.481 e. The van der Waals surface area contributed by atoms with Crippen molar-refractivity contribution in [3.63, 3.8) is 0 Å². The zero-order chi connectivity index (χ0) is 12.3. The van der Waals surface area contributed by atoms with Crippen LogP contribution in [-0.4, -0.2) is 16.1 Å². The summed E-state index contributed by atoms with van der Waals surface area (Å²) in [6, 6.07) is 8.21. The number of rotatable bonds is 5. The smallest absolute Gasteiger partial charge is 0.303 e. The lowest BCUT2D eigenvalue weighted by Crippen LogP contribution is -1.97. The van der Waals surface area contributed by atoms with Crippen LogP contribution in [0.25, 0.3) is 10.9 Å². The van der Waals surface area contributed by atoms with Gasteiger partial charge < -0.3 is 10.1 Å². The van der Waals surface area contributed by atoms with Gasteiger partial charge in [-0.1, -0.05) is 25.1 Å². The zero-order valence-corrected chi connectivity index (χ0v) is 9.94. The van der Waals surface area contributed by atoms with Gasteiger partial charge in [-0.2, -0.15) is 0 Å². The first-order chi connectivity index (χ1) is 8.18. The van der Waals surface area contributed by atoms with Crippen molar-refractivity contribution in [2.24, 2.45) is 0 Å². The van der Waals surface area contributed by atoms with Crippen LogP contribution >= 0.6 is 0 Å². The van der Waals surface area contributed by atoms with Gasteiger partial charge in [-0.3, -0.25) is 4.79 Å². The highest BCUT2D eigenvalue weighted by molar-refractivity contribution is 5.83. The monoisotopic (exact) mass is 231 g/mol. The highest BCUT2D eigenvalue weighted by Gasteiger charge is 2.11. The van der Waals surface area contributed by atoms with E-state index in [9.17, 15) is 4.79 Å². The third kappa shape index (κ3) is 2.67. The van der Waals surface area contributed by atoms with Crippen molar-refractivity contribution >= 4 is 16.9 Å². The van der Waals surface area contributed by atoms with E-state index >= 15 is 0 Å². The van der Waals surface area contributed by atoms with Crippen LogP contribution in [0.5, 0.6) is 0 Å². The number of carbonyl (C=O) groups is 1. The Morgan fingerprint density at radius 1 is 1.41 bits per heavy atom. The molecule has 2 aromatic rings. The van der Waals surface area contributed by atoms with Crippen molar-refractivity contribution < 1.29 is 9.90 Å². The molecule has 0 aliphatic heterocycles. The average molecular weight is 231 g/mol. The fourth-order valence-corrected chi connectivity index (χ4v) is 2.22. The number of fused-ring (bicyclic) bond motifs is 1. The second kappa shape index (κ2) is 5.04. The molecule has 3 nitrogen and oxygen atoms in total. The molecule has 1 aromatic carbocycles. The van der Waals surface area contributed by atoms with Crippen molar-refractivity contribution in [3.05, 3.63) is 36.0 Å². The minimum Gasteiger partial charge on any atom is -0.481 e. The van der Waals surface area contributed by atoms with Crippen molar-refractivity contribution in [1.82, 2.24) is 4.98 Å². The zero-order valence-electron chi connectivity index (χ0n) is 9.94. The van der Waals surface area contributed by atoms with E-state index in [1.54, 1.807) is 0 Å². The first kappa shape index (κ1) is 11.7. The van der Waals surface area contributed by atoms with Crippen molar-refractivity contribution in [2.75, 3.05) is 0 Å². The molecule has 0 amide bonds. The van der Waals surface area contributed by atoms with E-state index in [4.69, 9.17) is 5.11 Å². The van der Waals surface area contributed by atoms with Gasteiger partial charge in [-0.15, -0.1) is 0 Å². The molecule has 0 aliphatic carbocycles. The van der Waals surface area contributed by atoms with E-state index in [-0.39, 0.29) is 6.42 Å². The van der Waals surface area contributed by atoms with Gasteiger partial charge >= 0.3 is 5.97 Å². The molecule has 0 radical (unpaired) electrons. The number of H-pyrrole nitrogens is 1. The molecule has 3 heteroatoms. The number of aliphatic carboxylic acids is 1. The van der Waals surface area contributed by atoms with Crippen LogP contribution in [0.3, 0.4) is 0 Å². The van der Waals surface area contributed by atoms with Gasteiger partial charge in [-0.05, 0) is 30.4 Å². The molecule has 0 bridgehead atoms. The molecule has 0 saturated heterocycles. The number of aromatic amines is 1. The maximum Gasteiger partial charge on any atom is 0.303 e. The first-order valence-corrected chi connectivity index (χ1v) is 5.96. The van der Waals surface area contributed by atoms with Gasteiger partial charge in [0.1, 0.15) is 0 Å². The first-order valence-electron chi connectivity index (χ1n) is 5.96. The van der Waals surface area contributed by atoms with Crippen LogP contribution in [0.2, 0.25) is 0 Å². The third-order valence-corrected chi connectivity index (χ3v) is 3.18. The summed E-state index contributed by atoms with van der Waals surface area (Å²) < 4.78 is 0. The lowest BCUT2D eigenvalue weighted by atomic mass is 9.95. The van der Waals surface area contributed by atoms with Gasteiger partial charge in [-0.25, -0.2) is 0 Å². The van der Waals surface area contributed by atoms with E-state index in [1.165, 1.54) is 10.9 Å². The SMILES string of the molecule is CC(CCCC(=O)O)c1c[nH]c2ccccc12. The summed E-state index contributed by atoms with van der Waals surface area (Å²) in [5.41, 5.74) is 2.43. The molecule has 0 saturated carbocycles. The fourth-order valence-electron chi connectivity index (χ4n) is 2.22. The van der Waals surface area contributed by atoms with Crippen molar-refractivity contribution in [2.45, 2.75) is 32.1 Å². The minimum absolute atomic E-state index is 0.257. The van der Waals surface area contributed by atoms with Crippen molar-refractivity contribution in [1.29, 1.82) is 0 Å². The summed E-state index contributed by atoms with van der Waals surface area (Å²) in [6.07, 6.45) is 3.94. The van der Waals surface area contributed by atoms with Crippen LogP contribution in [0.4, 0.5) is 0 Å². The Morgan fingerprint density at radius 2 is 2.18 bits per heavy atom. The second-order valence-corrected chi connectivity index (χ2v) is 4.48. The van der Waals surface area contributed by atoms with E-state index < -0.39 is 5.97 Å². The van der Waals surface area contributed by atoms with Gasteiger partial charge in [0.25, 0.3) is 0 Å². The number of carboxylic acid groups (broad SMARTS) is 1. The van der Waals surface area contributed by atoms with Gasteiger partial charge in [0.2, 0.25) is 0 Å². The molecule has 0 fully saturated rings. The minimum atomic E-state index is -0.712. The molecule has 1 atom stereocenters. The Morgan fingerprint density at radius 3 is 2.94 bits per heavy atom. The van der Waals surface area contributed by atoms with Gasteiger partial charge in [0, 0.05) is 23.5 Å². The molecular formula is C14H17NO2. The summed E-state index contributed by atoms with van der Waals surface area (Å²) in [6.45, 7) is 2.15. The number of aromatic nitrogens is 1. The number of para-hydroxylation sites is 1. The van der Waals surface area contributed by atoms with E-state index in [0.29, 0.717) is 5.92 Å². The van der Waals surface area contributed by atoms with Crippen LogP contribution < -0.4 is 0 Å². The number of hydrogen-bond donors (Lipinski definition) is 2. The van der Waals surface area contributed by atoms with E-state index in [0.717, 1.165) is 18.4 Å². The molecule has 1 unspecified atom stereocenters. The molecule has 2 N–H and O–H groups in total. The summed E-state index contributed by atoms with van der Waals surface area (Å²) >= 11 is 0. The Kier molecular flexibility index (Phi) is 3.47. The van der Waals surface area contributed by atoms with Crippen molar-refractivity contribution in [3.8, 4) is 0 Å². The van der Waals surface area contributed by atoms with Crippen LogP contribution in [0.15, 0.2) is 30.5 Å². The predicted molar refractivity (Wildman–Crippen MR) is 68.2 cm³/mol. The normalized spacial score (nSPS) is 12.8. The van der Waals surface area contributed by atoms with E-state index in [1.807, 2.05) is 18.3 Å². The molecule has 1 aromatic heterocycles. The van der Waals surface area contributed by atoms with Gasteiger partial charge in [0.15, 0.2) is 0 Å². The van der Waals surface area contributed by atoms with E-state index in [2.05, 4.69) is 24.0 Å². The predicted octanol–water partition coefficient (Wildman–Crippen LogP) is 3.53. The molecule has 0 aliphatic rings. The molecule has 0 spiro atoms. The lowest BCUT2D eigenvalue weighted by molar-refractivity contribution is -0.137. The fraction of sp³-hybridized carbons (Fsp3) is 0.357. The maximum absolute atomic E-state index is 10.5. The maximum atomic E-state index is 10.5. The third-order valence-electron chi connectivity index (χ3n) is 3.18. The van der Waals surface area contributed by atoms with Crippen LogP contribution in [0, 0.1) is 0 Å². The molecule has 90 valence electrons. The summed E-state index contributed by atoms with van der Waals surface area (Å²) in [5.74, 6) is -0.318. The standard InChI is InChI=1S/C14H17NO2/c1-10(5-4-8-14(16)17)12-9-15-13-7-3-2-6-11(12)13/h2-3,6-7,9-10,15H,4-5,8H2,1H3,(H,16,17). The summed E-state index contributed by atoms with van der Waals surface area (Å²) in [7, 11) is 0. The quantitative estimate of drug-likeness (QED) is 0.827. The lowest BCUT2D eigenvalue weighted by Gasteiger charge is -2.09. The number of benzene rings is 1. The topological polar surface area (TPSA) is 53.1 Å². The van der Waals surface area contributed by atoms with Crippen LogP contribution in [-0.2, 0) is 4.79 Å². The van der Waals surface area contributed by atoms with Gasteiger partial charge in [0.05, 0.1) is 0 Å². The second-order valence-electron chi connectivity index (χ2n) is 4.48. The molecule has 1 heterocycles. The number of carboxylic acids is 1. The van der Waals surface area contributed by atoms with Crippen LogP contribution in [0.1, 0.15) is 37.7 Å². The molecule has 17 heavy (non-hydrogen) atoms. The Balaban J connectivity index is 2.08. The summed E-state index contributed by atoms with van der Waals surface area (Å²) in [4.78, 5) is 13.7. The average Bonchev–Trinajstić information content (AvgIpc) is 2.72.